The molecule has 0 aliphatic rings. The van der Waals surface area contributed by atoms with Gasteiger partial charge in [-0.25, -0.2) is 8.42 Å². The zero-order valence-corrected chi connectivity index (χ0v) is 22.1. The highest BCUT2D eigenvalue weighted by atomic mass is 32.2. The molecule has 38 heavy (non-hydrogen) atoms. The van der Waals surface area contributed by atoms with Crippen molar-refractivity contribution in [1.82, 2.24) is 14.6 Å². The van der Waals surface area contributed by atoms with Crippen LogP contribution in [0.1, 0.15) is 27.8 Å². The number of aryl methyl sites for hydroxylation is 1. The Morgan fingerprint density at radius 3 is 2.63 bits per heavy atom. The molecule has 1 unspecified atom stereocenters. The number of nitrogens with zero attached hydrogens (tertiary/aromatic N) is 1. The van der Waals surface area contributed by atoms with E-state index in [9.17, 15) is 18.0 Å². The number of thiophene rings is 1. The fourth-order valence-electron chi connectivity index (χ4n) is 4.21. The van der Waals surface area contributed by atoms with Crippen molar-refractivity contribution in [2.75, 3.05) is 0 Å². The van der Waals surface area contributed by atoms with Gasteiger partial charge in [-0.2, -0.15) is 4.72 Å². The maximum atomic E-state index is 14.1. The molecule has 0 aliphatic heterocycles. The van der Waals surface area contributed by atoms with Gasteiger partial charge in [0.2, 0.25) is 21.5 Å². The summed E-state index contributed by atoms with van der Waals surface area (Å²) in [5, 5.41) is 2.49. The van der Waals surface area contributed by atoms with Crippen LogP contribution in [0.5, 0.6) is 0 Å². The summed E-state index contributed by atoms with van der Waals surface area (Å²) in [6.07, 6.45) is 1.54. The first-order valence-corrected chi connectivity index (χ1v) is 14.2. The summed E-state index contributed by atoms with van der Waals surface area (Å²) >= 11 is 1.51. The molecule has 3 heterocycles. The predicted octanol–water partition coefficient (Wildman–Crippen LogP) is 4.74. The van der Waals surface area contributed by atoms with Gasteiger partial charge in [0, 0.05) is 16.5 Å². The van der Waals surface area contributed by atoms with Gasteiger partial charge in [0.1, 0.15) is 11.8 Å². The van der Waals surface area contributed by atoms with E-state index in [1.165, 1.54) is 41.9 Å². The Morgan fingerprint density at radius 1 is 1.03 bits per heavy atom. The summed E-state index contributed by atoms with van der Waals surface area (Å²) in [7, 11) is -4.14. The minimum absolute atomic E-state index is 0.0154. The average molecular weight is 548 g/mol. The van der Waals surface area contributed by atoms with Gasteiger partial charge in [0.15, 0.2) is 0 Å². The van der Waals surface area contributed by atoms with Crippen molar-refractivity contribution in [3.63, 3.8) is 0 Å². The van der Waals surface area contributed by atoms with E-state index in [-0.39, 0.29) is 17.0 Å². The zero-order valence-electron chi connectivity index (χ0n) is 20.5. The number of benzene rings is 2. The van der Waals surface area contributed by atoms with Gasteiger partial charge < -0.3 is 14.3 Å². The molecular formula is C28H25N3O5S2. The van der Waals surface area contributed by atoms with Crippen LogP contribution in [0.3, 0.4) is 0 Å². The molecule has 5 rings (SSSR count). The zero-order chi connectivity index (χ0) is 26.7. The fraction of sp³-hybridized carbons (Fsp3) is 0.143. The summed E-state index contributed by atoms with van der Waals surface area (Å²) in [6.45, 7) is 2.36. The van der Waals surface area contributed by atoms with Crippen molar-refractivity contribution >= 4 is 38.2 Å². The maximum absolute atomic E-state index is 14.1. The Hall–Kier alpha value is -3.99. The van der Waals surface area contributed by atoms with Crippen LogP contribution in [0.25, 0.3) is 10.9 Å². The molecule has 0 spiro atoms. The number of H-pyrrole nitrogens is 1. The van der Waals surface area contributed by atoms with Gasteiger partial charge in [0.05, 0.1) is 24.2 Å². The third-order valence-corrected chi connectivity index (χ3v) is 8.35. The minimum atomic E-state index is -4.14. The van der Waals surface area contributed by atoms with E-state index in [0.29, 0.717) is 28.8 Å². The van der Waals surface area contributed by atoms with E-state index < -0.39 is 22.0 Å². The molecule has 1 amide bonds. The molecule has 2 N–H and O–H groups in total. The molecule has 1 atom stereocenters. The second kappa shape index (κ2) is 10.8. The highest BCUT2D eigenvalue weighted by Crippen LogP contribution is 2.25. The van der Waals surface area contributed by atoms with Gasteiger partial charge in [-0.3, -0.25) is 9.59 Å². The molecular weight excluding hydrogens is 522 g/mol. The van der Waals surface area contributed by atoms with Crippen LogP contribution in [0.2, 0.25) is 0 Å². The number of aromatic amines is 1. The van der Waals surface area contributed by atoms with Crippen LogP contribution in [-0.2, 0) is 27.9 Å². The fourth-order valence-corrected chi connectivity index (χ4v) is 6.14. The smallest absolute Gasteiger partial charge is 0.248 e. The number of carbonyl (C=O) groups is 1. The largest absolute Gasteiger partial charge is 0.467 e. The highest BCUT2D eigenvalue weighted by Gasteiger charge is 2.32. The lowest BCUT2D eigenvalue weighted by atomic mass is 10.0. The number of hydrogen-bond acceptors (Lipinski definition) is 6. The Balaban J connectivity index is 1.52. The van der Waals surface area contributed by atoms with E-state index in [1.54, 1.807) is 41.3 Å². The summed E-state index contributed by atoms with van der Waals surface area (Å²) < 4.78 is 35.4. The molecule has 0 aliphatic carbocycles. The van der Waals surface area contributed by atoms with Crippen LogP contribution in [0.15, 0.2) is 105 Å². The third-order valence-electron chi connectivity index (χ3n) is 6.07. The monoisotopic (exact) mass is 547 g/mol. The van der Waals surface area contributed by atoms with Crippen LogP contribution in [0.4, 0.5) is 0 Å². The van der Waals surface area contributed by atoms with Crippen molar-refractivity contribution in [3.05, 3.63) is 123 Å². The molecule has 5 aromatic rings. The topological polar surface area (TPSA) is 112 Å². The van der Waals surface area contributed by atoms with Crippen LogP contribution in [-0.4, -0.2) is 24.2 Å². The van der Waals surface area contributed by atoms with E-state index in [2.05, 4.69) is 9.71 Å². The number of carbonyl (C=O) groups excluding carboxylic acids is 1. The molecule has 0 bridgehead atoms. The van der Waals surface area contributed by atoms with Gasteiger partial charge in [-0.1, -0.05) is 35.9 Å². The number of sulfonamides is 1. The third kappa shape index (κ3) is 5.77. The van der Waals surface area contributed by atoms with E-state index in [0.717, 1.165) is 10.4 Å². The standard InChI is InChI=1S/C28H25N3O5S2/c1-19-5-2-6-21(15-19)27(28(33)31(17-22-7-3-13-36-22)18-23-8-4-14-37-23)30-38(34,35)24-10-11-25-20(16-24)9-12-26(32)29-25/h2-16,27,30H,17-18H2,1H3,(H,29,32). The molecule has 10 heteroatoms. The van der Waals surface area contributed by atoms with E-state index in [1.807, 2.05) is 30.5 Å². The van der Waals surface area contributed by atoms with Gasteiger partial charge >= 0.3 is 0 Å². The minimum Gasteiger partial charge on any atom is -0.467 e. The lowest BCUT2D eigenvalue weighted by Gasteiger charge is -2.27. The maximum Gasteiger partial charge on any atom is 0.248 e. The number of hydrogen-bond donors (Lipinski definition) is 2. The van der Waals surface area contributed by atoms with Crippen molar-refractivity contribution in [2.24, 2.45) is 0 Å². The van der Waals surface area contributed by atoms with E-state index >= 15 is 0 Å². The van der Waals surface area contributed by atoms with Gasteiger partial charge in [-0.05, 0) is 65.7 Å². The first kappa shape index (κ1) is 25.7. The average Bonchev–Trinajstić information content (AvgIpc) is 3.61. The summed E-state index contributed by atoms with van der Waals surface area (Å²) in [5.74, 6) is 0.179. The van der Waals surface area contributed by atoms with Gasteiger partial charge in [-0.15, -0.1) is 11.3 Å². The molecule has 0 saturated heterocycles. The Kier molecular flexibility index (Phi) is 7.28. The van der Waals surface area contributed by atoms with Gasteiger partial charge in [0.25, 0.3) is 0 Å². The molecule has 0 fully saturated rings. The van der Waals surface area contributed by atoms with Crippen LogP contribution in [0, 0.1) is 6.92 Å². The second-order valence-electron chi connectivity index (χ2n) is 8.89. The number of fused-ring (bicyclic) bond motifs is 1. The van der Waals surface area contributed by atoms with Crippen molar-refractivity contribution < 1.29 is 17.6 Å². The molecule has 2 aromatic carbocycles. The molecule has 194 valence electrons. The van der Waals surface area contributed by atoms with Crippen LogP contribution >= 0.6 is 11.3 Å². The summed E-state index contributed by atoms with van der Waals surface area (Å²) in [6, 6.07) is 20.7. The first-order valence-electron chi connectivity index (χ1n) is 11.8. The highest BCUT2D eigenvalue weighted by molar-refractivity contribution is 7.89. The van der Waals surface area contributed by atoms with E-state index in [4.69, 9.17) is 4.42 Å². The number of nitrogens with one attached hydrogen (secondary N) is 2. The second-order valence-corrected chi connectivity index (χ2v) is 11.6. The normalized spacial score (nSPS) is 12.4. The molecule has 0 saturated carbocycles. The molecule has 8 nitrogen and oxygen atoms in total. The van der Waals surface area contributed by atoms with Crippen LogP contribution < -0.4 is 10.3 Å². The Morgan fingerprint density at radius 2 is 1.89 bits per heavy atom. The SMILES string of the molecule is Cc1cccc(C(NS(=O)(=O)c2ccc3[nH]c(=O)ccc3c2)C(=O)N(Cc2ccco2)Cc2cccs2)c1. The number of aromatic nitrogens is 1. The van der Waals surface area contributed by atoms with Crippen molar-refractivity contribution in [3.8, 4) is 0 Å². The van der Waals surface area contributed by atoms with Crippen molar-refractivity contribution in [1.29, 1.82) is 0 Å². The molecule has 3 aromatic heterocycles. The Labute approximate surface area is 223 Å². The number of rotatable bonds is 9. The predicted molar refractivity (Wildman–Crippen MR) is 146 cm³/mol. The first-order chi connectivity index (χ1) is 18.3. The summed E-state index contributed by atoms with van der Waals surface area (Å²) in [4.78, 5) is 30.9. The van der Waals surface area contributed by atoms with Crippen molar-refractivity contribution in [2.45, 2.75) is 31.0 Å². The number of furan rings is 1. The quantitative estimate of drug-likeness (QED) is 0.277. The lowest BCUT2D eigenvalue weighted by molar-refractivity contribution is -0.134. The Bertz CT molecular complexity index is 1690. The number of amides is 1. The molecule has 0 radical (unpaired) electrons. The summed E-state index contributed by atoms with van der Waals surface area (Å²) in [5.41, 5.74) is 1.66. The lowest BCUT2D eigenvalue weighted by Crippen LogP contribution is -2.42. The number of pyridine rings is 1.